The van der Waals surface area contributed by atoms with Crippen molar-refractivity contribution in [1.29, 1.82) is 0 Å². The zero-order valence-corrected chi connectivity index (χ0v) is 13.3. The van der Waals surface area contributed by atoms with E-state index in [0.29, 0.717) is 12.3 Å². The predicted octanol–water partition coefficient (Wildman–Crippen LogP) is 3.30. The van der Waals surface area contributed by atoms with Gasteiger partial charge in [-0.05, 0) is 57.3 Å². The predicted molar refractivity (Wildman–Crippen MR) is 77.4 cm³/mol. The summed E-state index contributed by atoms with van der Waals surface area (Å²) in [5.41, 5.74) is -0.725. The van der Waals surface area contributed by atoms with E-state index in [0.717, 1.165) is 31.5 Å². The van der Waals surface area contributed by atoms with Crippen molar-refractivity contribution in [3.63, 3.8) is 0 Å². The van der Waals surface area contributed by atoms with Crippen LogP contribution >= 0.6 is 0 Å². The van der Waals surface area contributed by atoms with Crippen molar-refractivity contribution in [3.05, 3.63) is 0 Å². The summed E-state index contributed by atoms with van der Waals surface area (Å²) in [5, 5.41) is 3.04. The average molecular weight is 281 g/mol. The standard InChI is InChI=1S/C16H27NO3/c1-14(2,3)20-13(19)17-16(8-9-18)7-6-11-10-12(16)15(11,4)5/h9,11-12H,6-8,10H2,1-5H3,(H,17,19)/t11-,12+,16-/m0/s1. The minimum atomic E-state index is -0.515. The van der Waals surface area contributed by atoms with E-state index in [4.69, 9.17) is 4.74 Å². The molecule has 0 aromatic rings. The Balaban J connectivity index is 2.14. The molecule has 3 saturated carbocycles. The molecule has 20 heavy (non-hydrogen) atoms. The van der Waals surface area contributed by atoms with Gasteiger partial charge < -0.3 is 14.8 Å². The molecular weight excluding hydrogens is 254 g/mol. The number of ether oxygens (including phenoxy) is 1. The topological polar surface area (TPSA) is 55.4 Å². The fraction of sp³-hybridized carbons (Fsp3) is 0.875. The largest absolute Gasteiger partial charge is 0.444 e. The summed E-state index contributed by atoms with van der Waals surface area (Å²) in [7, 11) is 0. The number of hydrogen-bond donors (Lipinski definition) is 1. The molecule has 4 nitrogen and oxygen atoms in total. The van der Waals surface area contributed by atoms with Crippen molar-refractivity contribution in [2.45, 2.75) is 71.4 Å². The van der Waals surface area contributed by atoms with Gasteiger partial charge in [0.2, 0.25) is 0 Å². The van der Waals surface area contributed by atoms with Gasteiger partial charge >= 0.3 is 6.09 Å². The maximum Gasteiger partial charge on any atom is 0.408 e. The van der Waals surface area contributed by atoms with Crippen LogP contribution in [0.25, 0.3) is 0 Å². The lowest BCUT2D eigenvalue weighted by atomic mass is 9.42. The molecule has 1 amide bonds. The molecule has 0 heterocycles. The number of carbonyl (C=O) groups is 2. The molecule has 3 rings (SSSR count). The normalized spacial score (nSPS) is 34.9. The van der Waals surface area contributed by atoms with E-state index in [-0.39, 0.29) is 5.41 Å². The van der Waals surface area contributed by atoms with Crippen LogP contribution in [0.5, 0.6) is 0 Å². The van der Waals surface area contributed by atoms with E-state index in [9.17, 15) is 9.59 Å². The van der Waals surface area contributed by atoms with Crippen LogP contribution in [0, 0.1) is 17.3 Å². The minimum Gasteiger partial charge on any atom is -0.444 e. The molecule has 0 unspecified atom stereocenters. The smallest absolute Gasteiger partial charge is 0.408 e. The SMILES string of the molecule is CC(C)(C)OC(=O)N[C@]1(CC=O)CC[C@H]2C[C@@H]1C2(C)C. The van der Waals surface area contributed by atoms with Gasteiger partial charge in [0.05, 0.1) is 5.54 Å². The van der Waals surface area contributed by atoms with Crippen LogP contribution in [0.15, 0.2) is 0 Å². The van der Waals surface area contributed by atoms with Gasteiger partial charge in [-0.2, -0.15) is 0 Å². The monoisotopic (exact) mass is 281 g/mol. The lowest BCUT2D eigenvalue weighted by Crippen LogP contribution is -2.68. The summed E-state index contributed by atoms with van der Waals surface area (Å²) in [6.07, 6.45) is 3.98. The molecule has 1 N–H and O–H groups in total. The molecule has 114 valence electrons. The maximum absolute atomic E-state index is 12.1. The van der Waals surface area contributed by atoms with Gasteiger partial charge in [0.25, 0.3) is 0 Å². The molecule has 3 aliphatic rings. The van der Waals surface area contributed by atoms with Crippen molar-refractivity contribution < 1.29 is 14.3 Å². The summed E-state index contributed by atoms with van der Waals surface area (Å²) < 4.78 is 5.38. The number of amides is 1. The van der Waals surface area contributed by atoms with Crippen LogP contribution in [0.4, 0.5) is 4.79 Å². The van der Waals surface area contributed by atoms with Gasteiger partial charge in [0, 0.05) is 6.42 Å². The Labute approximate surface area is 121 Å². The van der Waals surface area contributed by atoms with Gasteiger partial charge in [-0.3, -0.25) is 0 Å². The fourth-order valence-corrected chi connectivity index (χ4v) is 4.15. The van der Waals surface area contributed by atoms with E-state index in [2.05, 4.69) is 19.2 Å². The maximum atomic E-state index is 12.1. The summed E-state index contributed by atoms with van der Waals surface area (Å²) in [4.78, 5) is 23.3. The van der Waals surface area contributed by atoms with Crippen LogP contribution in [0.2, 0.25) is 0 Å². The highest BCUT2D eigenvalue weighted by Gasteiger charge is 2.61. The number of nitrogens with one attached hydrogen (secondary N) is 1. The van der Waals surface area contributed by atoms with E-state index in [1.54, 1.807) is 0 Å². The highest BCUT2D eigenvalue weighted by Crippen LogP contribution is 2.63. The third kappa shape index (κ3) is 2.57. The van der Waals surface area contributed by atoms with Crippen LogP contribution < -0.4 is 5.32 Å². The molecule has 0 saturated heterocycles. The van der Waals surface area contributed by atoms with Crippen molar-refractivity contribution in [3.8, 4) is 0 Å². The first kappa shape index (κ1) is 15.3. The molecule has 0 aromatic heterocycles. The Kier molecular flexibility index (Phi) is 3.64. The first-order valence-electron chi connectivity index (χ1n) is 7.55. The number of alkyl carbamates (subject to hydrolysis) is 1. The Morgan fingerprint density at radius 1 is 1.40 bits per heavy atom. The van der Waals surface area contributed by atoms with E-state index in [1.165, 1.54) is 0 Å². The number of hydrogen-bond acceptors (Lipinski definition) is 3. The Hall–Kier alpha value is -1.06. The Morgan fingerprint density at radius 3 is 2.50 bits per heavy atom. The minimum absolute atomic E-state index is 0.205. The zero-order valence-electron chi connectivity index (χ0n) is 13.3. The molecule has 0 aliphatic heterocycles. The Bertz CT molecular complexity index is 408. The number of rotatable bonds is 3. The van der Waals surface area contributed by atoms with Crippen LogP contribution in [0.1, 0.15) is 60.3 Å². The van der Waals surface area contributed by atoms with Gasteiger partial charge in [0.15, 0.2) is 0 Å². The van der Waals surface area contributed by atoms with Crippen LogP contribution in [-0.2, 0) is 9.53 Å². The lowest BCUT2D eigenvalue weighted by molar-refractivity contribution is -0.137. The second-order valence-corrected chi connectivity index (χ2v) is 8.00. The van der Waals surface area contributed by atoms with Crippen molar-refractivity contribution in [2.24, 2.45) is 17.3 Å². The lowest BCUT2D eigenvalue weighted by Gasteiger charge is -2.64. The highest BCUT2D eigenvalue weighted by atomic mass is 16.6. The molecule has 0 spiro atoms. The summed E-state index contributed by atoms with van der Waals surface area (Å²) >= 11 is 0. The molecule has 2 bridgehead atoms. The molecule has 0 aromatic carbocycles. The van der Waals surface area contributed by atoms with E-state index in [1.807, 2.05) is 20.8 Å². The first-order chi connectivity index (χ1) is 9.11. The molecule has 0 radical (unpaired) electrons. The molecule has 4 heteroatoms. The third-order valence-electron chi connectivity index (χ3n) is 5.27. The van der Waals surface area contributed by atoms with Crippen molar-refractivity contribution in [2.75, 3.05) is 0 Å². The van der Waals surface area contributed by atoms with E-state index >= 15 is 0 Å². The summed E-state index contributed by atoms with van der Waals surface area (Å²) in [6.45, 7) is 10.1. The molecule has 3 aliphatic carbocycles. The number of carbonyl (C=O) groups excluding carboxylic acids is 2. The van der Waals surface area contributed by atoms with E-state index < -0.39 is 17.2 Å². The van der Waals surface area contributed by atoms with Crippen LogP contribution in [0.3, 0.4) is 0 Å². The third-order valence-corrected chi connectivity index (χ3v) is 5.27. The fourth-order valence-electron chi connectivity index (χ4n) is 4.15. The average Bonchev–Trinajstić information content (AvgIpc) is 2.25. The summed E-state index contributed by atoms with van der Waals surface area (Å²) in [6, 6.07) is 0. The van der Waals surface area contributed by atoms with Crippen LogP contribution in [-0.4, -0.2) is 23.5 Å². The zero-order chi connectivity index (χ0) is 15.2. The number of fused-ring (bicyclic) bond motifs is 2. The van der Waals surface area contributed by atoms with Crippen molar-refractivity contribution >= 4 is 12.4 Å². The summed E-state index contributed by atoms with van der Waals surface area (Å²) in [5.74, 6) is 1.10. The second kappa shape index (κ2) is 4.74. The van der Waals surface area contributed by atoms with Gasteiger partial charge in [-0.1, -0.05) is 13.8 Å². The van der Waals surface area contributed by atoms with Gasteiger partial charge in [0.1, 0.15) is 11.9 Å². The van der Waals surface area contributed by atoms with Crippen molar-refractivity contribution in [1.82, 2.24) is 5.32 Å². The number of aldehydes is 1. The van der Waals surface area contributed by atoms with Gasteiger partial charge in [-0.25, -0.2) is 4.79 Å². The van der Waals surface area contributed by atoms with Gasteiger partial charge in [-0.15, -0.1) is 0 Å². The quantitative estimate of drug-likeness (QED) is 0.808. The highest BCUT2D eigenvalue weighted by molar-refractivity contribution is 5.70. The molecule has 3 atom stereocenters. The molecule has 3 fully saturated rings. The molecular formula is C16H27NO3. The first-order valence-corrected chi connectivity index (χ1v) is 7.55. The second-order valence-electron chi connectivity index (χ2n) is 8.00. The Morgan fingerprint density at radius 2 is 2.05 bits per heavy atom.